The third kappa shape index (κ3) is 4.23. The van der Waals surface area contributed by atoms with E-state index in [0.29, 0.717) is 6.04 Å². The first-order chi connectivity index (χ1) is 16.8. The molecule has 3 aliphatic rings. The third-order valence-electron chi connectivity index (χ3n) is 8.01. The number of pyridine rings is 1. The van der Waals surface area contributed by atoms with Crippen LogP contribution in [0.3, 0.4) is 0 Å². The largest absolute Gasteiger partial charge is 0.341 e. The second-order valence-corrected chi connectivity index (χ2v) is 10.2. The van der Waals surface area contributed by atoms with E-state index in [2.05, 4.69) is 33.6 Å². The Balaban J connectivity index is 1.13. The van der Waals surface area contributed by atoms with Crippen molar-refractivity contribution in [1.29, 1.82) is 0 Å². The van der Waals surface area contributed by atoms with Crippen LogP contribution < -0.4 is 10.9 Å². The van der Waals surface area contributed by atoms with E-state index in [4.69, 9.17) is 9.97 Å². The predicted molar refractivity (Wildman–Crippen MR) is 132 cm³/mol. The van der Waals surface area contributed by atoms with Gasteiger partial charge < -0.3 is 9.47 Å². The first kappa shape index (κ1) is 21.7. The summed E-state index contributed by atoms with van der Waals surface area (Å²) in [6.45, 7) is 1.57. The van der Waals surface area contributed by atoms with Crippen LogP contribution in [0.25, 0.3) is 11.2 Å². The molecule has 2 unspecified atom stereocenters. The summed E-state index contributed by atoms with van der Waals surface area (Å²) in [6.07, 6.45) is 10.9. The Morgan fingerprint density at radius 1 is 0.971 bits per heavy atom. The van der Waals surface area contributed by atoms with Gasteiger partial charge in [0, 0.05) is 37.8 Å². The Morgan fingerprint density at radius 2 is 1.76 bits per heavy atom. The fourth-order valence-electron chi connectivity index (χ4n) is 6.16. The lowest BCUT2D eigenvalue weighted by Gasteiger charge is -2.34. The van der Waals surface area contributed by atoms with Crippen molar-refractivity contribution >= 4 is 17.1 Å². The highest BCUT2D eigenvalue weighted by atomic mass is 16.2. The Hall–Kier alpha value is -2.77. The first-order valence-electron chi connectivity index (χ1n) is 12.9. The smallest absolute Gasteiger partial charge is 0.241 e. The van der Waals surface area contributed by atoms with Gasteiger partial charge in [-0.15, -0.1) is 0 Å². The van der Waals surface area contributed by atoms with E-state index in [1.807, 2.05) is 35.4 Å². The number of benzene rings is 1. The zero-order chi connectivity index (χ0) is 22.9. The highest BCUT2D eigenvalue weighted by Crippen LogP contribution is 2.33. The first-order valence-corrected chi connectivity index (χ1v) is 12.9. The minimum absolute atomic E-state index is 0.171. The van der Waals surface area contributed by atoms with Gasteiger partial charge in [-0.2, -0.15) is 0 Å². The standard InChI is InChI=1S/C27H34N6O/c34-27(24-18-23(30-31-24)20-9-2-1-3-10-20)32-15-12-21(13-16-32)33-25(17-19-7-4-5-8-19)29-22-11-6-14-28-26(22)33/h1-3,6,9-11,14,19,21,23-24,30-31H,4-5,7-8,12-13,15-18H2. The normalized spacial score (nSPS) is 24.3. The van der Waals surface area contributed by atoms with Crippen molar-refractivity contribution in [1.82, 2.24) is 30.3 Å². The van der Waals surface area contributed by atoms with E-state index >= 15 is 0 Å². The van der Waals surface area contributed by atoms with E-state index in [-0.39, 0.29) is 18.0 Å². The number of imidazole rings is 1. The summed E-state index contributed by atoms with van der Waals surface area (Å²) in [5, 5.41) is 0. The molecule has 1 saturated carbocycles. The molecule has 2 N–H and O–H groups in total. The fraction of sp³-hybridized carbons (Fsp3) is 0.519. The van der Waals surface area contributed by atoms with Gasteiger partial charge in [0.1, 0.15) is 17.4 Å². The molecule has 2 aromatic heterocycles. The molecule has 1 aliphatic carbocycles. The van der Waals surface area contributed by atoms with Gasteiger partial charge in [0.2, 0.25) is 5.91 Å². The van der Waals surface area contributed by atoms with Crippen LogP contribution in [0.4, 0.5) is 0 Å². The summed E-state index contributed by atoms with van der Waals surface area (Å²) in [4.78, 5) is 25.0. The fourth-order valence-corrected chi connectivity index (χ4v) is 6.16. The maximum absolute atomic E-state index is 13.3. The number of hydrogen-bond donors (Lipinski definition) is 2. The molecule has 0 bridgehead atoms. The molecule has 3 aromatic rings. The Kier molecular flexibility index (Phi) is 6.05. The van der Waals surface area contributed by atoms with Crippen LogP contribution in [0.2, 0.25) is 0 Å². The number of rotatable bonds is 5. The molecule has 7 heteroatoms. The molecule has 7 nitrogen and oxygen atoms in total. The molecule has 0 spiro atoms. The number of piperidine rings is 1. The van der Waals surface area contributed by atoms with Gasteiger partial charge in [-0.25, -0.2) is 20.8 Å². The van der Waals surface area contributed by atoms with Crippen molar-refractivity contribution < 1.29 is 4.79 Å². The molecule has 2 atom stereocenters. The minimum atomic E-state index is -0.171. The molecular weight excluding hydrogens is 424 g/mol. The van der Waals surface area contributed by atoms with E-state index in [1.54, 1.807) is 0 Å². The number of aromatic nitrogens is 3. The number of carbonyl (C=O) groups excluding carboxylic acids is 1. The van der Waals surface area contributed by atoms with Crippen LogP contribution >= 0.6 is 0 Å². The maximum atomic E-state index is 13.3. The molecule has 2 saturated heterocycles. The number of amides is 1. The minimum Gasteiger partial charge on any atom is -0.341 e. The number of carbonyl (C=O) groups is 1. The monoisotopic (exact) mass is 458 g/mol. The third-order valence-corrected chi connectivity index (χ3v) is 8.01. The zero-order valence-corrected chi connectivity index (χ0v) is 19.7. The van der Waals surface area contributed by atoms with Gasteiger partial charge in [0.15, 0.2) is 5.65 Å². The number of hydrazine groups is 1. The summed E-state index contributed by atoms with van der Waals surface area (Å²) in [5.74, 6) is 2.15. The van der Waals surface area contributed by atoms with Crippen molar-refractivity contribution in [3.05, 3.63) is 60.0 Å². The molecule has 1 aromatic carbocycles. The molecule has 6 rings (SSSR count). The van der Waals surface area contributed by atoms with Gasteiger partial charge in [-0.1, -0.05) is 56.0 Å². The predicted octanol–water partition coefficient (Wildman–Crippen LogP) is 3.94. The van der Waals surface area contributed by atoms with Gasteiger partial charge in [0.25, 0.3) is 0 Å². The van der Waals surface area contributed by atoms with E-state index in [0.717, 1.165) is 55.9 Å². The lowest BCUT2D eigenvalue weighted by Crippen LogP contribution is -2.48. The number of likely N-dealkylation sites (tertiary alicyclic amines) is 1. The van der Waals surface area contributed by atoms with Crippen molar-refractivity contribution in [2.45, 2.75) is 69.5 Å². The molecule has 34 heavy (non-hydrogen) atoms. The molecule has 3 fully saturated rings. The second-order valence-electron chi connectivity index (χ2n) is 10.2. The van der Waals surface area contributed by atoms with Gasteiger partial charge in [-0.3, -0.25) is 4.79 Å². The Labute approximate surface area is 200 Å². The van der Waals surface area contributed by atoms with Crippen LogP contribution in [-0.4, -0.2) is 44.5 Å². The maximum Gasteiger partial charge on any atom is 0.241 e. The van der Waals surface area contributed by atoms with Crippen molar-refractivity contribution in [2.75, 3.05) is 13.1 Å². The molecule has 0 radical (unpaired) electrons. The Morgan fingerprint density at radius 3 is 2.56 bits per heavy atom. The lowest BCUT2D eigenvalue weighted by atomic mass is 9.99. The topological polar surface area (TPSA) is 75.1 Å². The quantitative estimate of drug-likeness (QED) is 0.606. The summed E-state index contributed by atoms with van der Waals surface area (Å²) in [5.41, 5.74) is 9.80. The molecule has 4 heterocycles. The highest BCUT2D eigenvalue weighted by molar-refractivity contribution is 5.82. The Bertz CT molecular complexity index is 1130. The number of nitrogens with one attached hydrogen (secondary N) is 2. The van der Waals surface area contributed by atoms with Crippen LogP contribution in [0.5, 0.6) is 0 Å². The van der Waals surface area contributed by atoms with Crippen LogP contribution in [-0.2, 0) is 11.2 Å². The van der Waals surface area contributed by atoms with Crippen molar-refractivity contribution in [2.24, 2.45) is 5.92 Å². The van der Waals surface area contributed by atoms with E-state index in [1.165, 1.54) is 37.1 Å². The summed E-state index contributed by atoms with van der Waals surface area (Å²) in [6, 6.07) is 14.8. The molecule has 1 amide bonds. The van der Waals surface area contributed by atoms with Crippen molar-refractivity contribution in [3.8, 4) is 0 Å². The molecule has 178 valence electrons. The number of nitrogens with zero attached hydrogens (tertiary/aromatic N) is 4. The molecule has 2 aliphatic heterocycles. The average molecular weight is 459 g/mol. The van der Waals surface area contributed by atoms with Crippen molar-refractivity contribution in [3.63, 3.8) is 0 Å². The average Bonchev–Trinajstić information content (AvgIpc) is 3.65. The molecular formula is C27H34N6O. The van der Waals surface area contributed by atoms with Gasteiger partial charge in [-0.05, 0) is 42.9 Å². The van der Waals surface area contributed by atoms with Crippen LogP contribution in [0.1, 0.15) is 68.4 Å². The number of fused-ring (bicyclic) bond motifs is 1. The van der Waals surface area contributed by atoms with E-state index < -0.39 is 0 Å². The lowest BCUT2D eigenvalue weighted by molar-refractivity contribution is -0.134. The number of hydrogen-bond acceptors (Lipinski definition) is 5. The van der Waals surface area contributed by atoms with Gasteiger partial charge in [0.05, 0.1) is 0 Å². The summed E-state index contributed by atoms with van der Waals surface area (Å²) in [7, 11) is 0. The van der Waals surface area contributed by atoms with Crippen LogP contribution in [0.15, 0.2) is 48.7 Å². The SMILES string of the molecule is O=C(C1CC(c2ccccc2)NN1)N1CCC(n2c(CC3CCCC3)nc3cccnc32)CC1. The highest BCUT2D eigenvalue weighted by Gasteiger charge is 2.35. The zero-order valence-electron chi connectivity index (χ0n) is 19.7. The second kappa shape index (κ2) is 9.47. The summed E-state index contributed by atoms with van der Waals surface area (Å²) < 4.78 is 2.41. The van der Waals surface area contributed by atoms with E-state index in [9.17, 15) is 4.79 Å². The van der Waals surface area contributed by atoms with Crippen LogP contribution in [0, 0.1) is 5.92 Å². The van der Waals surface area contributed by atoms with Gasteiger partial charge >= 0.3 is 0 Å². The summed E-state index contributed by atoms with van der Waals surface area (Å²) >= 11 is 0.